The van der Waals surface area contributed by atoms with Gasteiger partial charge >= 0.3 is 0 Å². The van der Waals surface area contributed by atoms with Crippen LogP contribution in [-0.4, -0.2) is 20.7 Å². The Balaban J connectivity index is 0.000000490. The lowest BCUT2D eigenvalue weighted by atomic mass is 10.8. The van der Waals surface area contributed by atoms with E-state index in [0.29, 0.717) is 6.54 Å². The first kappa shape index (κ1) is 8.16. The largest absolute Gasteiger partial charge is 0.243 e. The quantitative estimate of drug-likeness (QED) is 0.468. The number of halogens is 1. The molecular formula is C2H7ClN2O2S. The molecule has 0 bridgehead atoms. The maximum absolute atomic E-state index is 10.3. The van der Waals surface area contributed by atoms with E-state index in [1.807, 2.05) is 0 Å². The van der Waals surface area contributed by atoms with E-state index in [1.165, 1.54) is 0 Å². The summed E-state index contributed by atoms with van der Waals surface area (Å²) in [5.41, 5.74) is 2.47. The Hall–Kier alpha value is 0.160. The molecule has 0 amide bonds. The Morgan fingerprint density at radius 2 is 2.00 bits per heavy atom. The van der Waals surface area contributed by atoms with Crippen LogP contribution in [0, 0.1) is 0 Å². The summed E-state index contributed by atoms with van der Waals surface area (Å²) in [4.78, 5) is 2.12. The summed E-state index contributed by atoms with van der Waals surface area (Å²) in [6.45, 7) is 0.516. The minimum atomic E-state index is -2.91. The van der Waals surface area contributed by atoms with Crippen LogP contribution in [0.5, 0.6) is 0 Å². The fourth-order valence-electron chi connectivity index (χ4n) is 0.397. The standard InChI is InChI=1S/C2H6N2O2S.ClH/c5-7(6)2-1-3-4-7;/h3-4H,1-2H2;1H. The first-order chi connectivity index (χ1) is 3.21. The second-order valence-electron chi connectivity index (χ2n) is 1.35. The predicted molar refractivity (Wildman–Crippen MR) is 32.2 cm³/mol. The third kappa shape index (κ3) is 1.95. The molecule has 1 saturated heterocycles. The average Bonchev–Trinajstić information content (AvgIpc) is 1.84. The van der Waals surface area contributed by atoms with Gasteiger partial charge in [0.1, 0.15) is 0 Å². The fourth-order valence-corrected chi connectivity index (χ4v) is 1.19. The van der Waals surface area contributed by atoms with Crippen LogP contribution in [0.2, 0.25) is 0 Å². The highest BCUT2D eigenvalue weighted by atomic mass is 35.5. The van der Waals surface area contributed by atoms with Crippen LogP contribution in [0.4, 0.5) is 0 Å². The molecule has 0 aromatic rings. The van der Waals surface area contributed by atoms with E-state index in [4.69, 9.17) is 0 Å². The molecule has 8 heavy (non-hydrogen) atoms. The smallest absolute Gasteiger partial charge is 0.225 e. The maximum atomic E-state index is 10.3. The summed E-state index contributed by atoms with van der Waals surface area (Å²) in [7, 11) is -2.91. The molecule has 0 atom stereocenters. The van der Waals surface area contributed by atoms with Crippen LogP contribution in [0.3, 0.4) is 0 Å². The van der Waals surface area contributed by atoms with E-state index in [1.54, 1.807) is 0 Å². The Kier molecular flexibility index (Phi) is 2.68. The van der Waals surface area contributed by atoms with Gasteiger partial charge in [-0.15, -0.1) is 12.4 Å². The predicted octanol–water partition coefficient (Wildman–Crippen LogP) is -1.15. The highest BCUT2D eigenvalue weighted by molar-refractivity contribution is 7.89. The van der Waals surface area contributed by atoms with Crippen molar-refractivity contribution in [1.82, 2.24) is 10.3 Å². The molecule has 6 heteroatoms. The number of hydrazine groups is 1. The Morgan fingerprint density at radius 1 is 1.38 bits per heavy atom. The van der Waals surface area contributed by atoms with Gasteiger partial charge in [-0.25, -0.2) is 13.8 Å². The maximum Gasteiger partial charge on any atom is 0.225 e. The summed E-state index contributed by atoms with van der Waals surface area (Å²) < 4.78 is 20.5. The second-order valence-corrected chi connectivity index (χ2v) is 3.19. The van der Waals surface area contributed by atoms with Crippen molar-refractivity contribution >= 4 is 22.4 Å². The summed E-state index contributed by atoms with van der Waals surface area (Å²) >= 11 is 0. The first-order valence-electron chi connectivity index (χ1n) is 1.93. The zero-order valence-electron chi connectivity index (χ0n) is 4.05. The van der Waals surface area contributed by atoms with Crippen LogP contribution in [-0.2, 0) is 10.0 Å². The highest BCUT2D eigenvalue weighted by Crippen LogP contribution is 1.84. The number of nitrogens with one attached hydrogen (secondary N) is 2. The summed E-state index contributed by atoms with van der Waals surface area (Å²) in [6, 6.07) is 0. The molecule has 0 saturated carbocycles. The van der Waals surface area contributed by atoms with E-state index < -0.39 is 10.0 Å². The number of hydrogen-bond acceptors (Lipinski definition) is 3. The average molecular weight is 159 g/mol. The van der Waals surface area contributed by atoms with Gasteiger partial charge in [-0.3, -0.25) is 0 Å². The highest BCUT2D eigenvalue weighted by Gasteiger charge is 2.14. The molecule has 0 unspecified atom stereocenters. The third-order valence-corrected chi connectivity index (χ3v) is 1.92. The molecule has 1 aliphatic heterocycles. The van der Waals surface area contributed by atoms with Gasteiger partial charge in [-0.1, -0.05) is 0 Å². The van der Waals surface area contributed by atoms with Crippen molar-refractivity contribution in [2.75, 3.05) is 12.3 Å². The van der Waals surface area contributed by atoms with E-state index in [2.05, 4.69) is 10.3 Å². The molecule has 4 nitrogen and oxygen atoms in total. The monoisotopic (exact) mass is 158 g/mol. The lowest BCUT2D eigenvalue weighted by Crippen LogP contribution is -2.25. The van der Waals surface area contributed by atoms with Gasteiger partial charge in [0.05, 0.1) is 5.75 Å². The van der Waals surface area contributed by atoms with E-state index >= 15 is 0 Å². The van der Waals surface area contributed by atoms with Crippen LogP contribution in [0.1, 0.15) is 0 Å². The van der Waals surface area contributed by atoms with Crippen molar-refractivity contribution in [3.05, 3.63) is 0 Å². The minimum absolute atomic E-state index is 0. The molecular weight excluding hydrogens is 152 g/mol. The van der Waals surface area contributed by atoms with Gasteiger partial charge in [-0.05, 0) is 0 Å². The van der Waals surface area contributed by atoms with Crippen molar-refractivity contribution in [2.45, 2.75) is 0 Å². The van der Waals surface area contributed by atoms with Crippen LogP contribution in [0.15, 0.2) is 0 Å². The van der Waals surface area contributed by atoms with Crippen molar-refractivity contribution in [3.8, 4) is 0 Å². The zero-order valence-corrected chi connectivity index (χ0v) is 5.68. The molecule has 0 aromatic heterocycles. The Labute approximate surface area is 54.1 Å². The van der Waals surface area contributed by atoms with Gasteiger partial charge in [-0.2, -0.15) is 4.83 Å². The molecule has 50 valence electrons. The Bertz CT molecular complexity index is 141. The molecule has 0 radical (unpaired) electrons. The first-order valence-corrected chi connectivity index (χ1v) is 3.58. The SMILES string of the molecule is Cl.O=S1(=O)CCNN1. The van der Waals surface area contributed by atoms with Gasteiger partial charge in [0, 0.05) is 6.54 Å². The van der Waals surface area contributed by atoms with E-state index in [-0.39, 0.29) is 18.2 Å². The molecule has 0 aliphatic carbocycles. The number of rotatable bonds is 0. The van der Waals surface area contributed by atoms with Gasteiger partial charge in [0.25, 0.3) is 0 Å². The lowest BCUT2D eigenvalue weighted by molar-refractivity contribution is 0.587. The summed E-state index contributed by atoms with van der Waals surface area (Å²) in [6.07, 6.45) is 0. The number of hydrogen-bond donors (Lipinski definition) is 2. The van der Waals surface area contributed by atoms with Gasteiger partial charge < -0.3 is 0 Å². The topological polar surface area (TPSA) is 58.2 Å². The van der Waals surface area contributed by atoms with Crippen molar-refractivity contribution in [2.24, 2.45) is 0 Å². The lowest BCUT2D eigenvalue weighted by Gasteiger charge is -1.85. The van der Waals surface area contributed by atoms with Crippen molar-refractivity contribution in [3.63, 3.8) is 0 Å². The number of sulfonamides is 1. The molecule has 1 rings (SSSR count). The summed E-state index contributed by atoms with van der Waals surface area (Å²) in [5, 5.41) is 0. The molecule has 0 spiro atoms. The third-order valence-electron chi connectivity index (χ3n) is 0.723. The van der Waals surface area contributed by atoms with Gasteiger partial charge in [0.2, 0.25) is 10.0 Å². The van der Waals surface area contributed by atoms with Crippen molar-refractivity contribution < 1.29 is 8.42 Å². The Morgan fingerprint density at radius 3 is 2.12 bits per heavy atom. The molecule has 1 aliphatic rings. The van der Waals surface area contributed by atoms with E-state index in [9.17, 15) is 8.42 Å². The normalized spacial score (nSPS) is 24.5. The fraction of sp³-hybridized carbons (Fsp3) is 1.00. The molecule has 2 N–H and O–H groups in total. The molecule has 1 heterocycles. The van der Waals surface area contributed by atoms with Crippen LogP contribution in [0.25, 0.3) is 0 Å². The van der Waals surface area contributed by atoms with Crippen molar-refractivity contribution in [1.29, 1.82) is 0 Å². The van der Waals surface area contributed by atoms with Crippen LogP contribution >= 0.6 is 12.4 Å². The zero-order chi connectivity index (χ0) is 5.33. The van der Waals surface area contributed by atoms with E-state index in [0.717, 1.165) is 0 Å². The second kappa shape index (κ2) is 2.63. The van der Waals surface area contributed by atoms with Gasteiger partial charge in [0.15, 0.2) is 0 Å². The van der Waals surface area contributed by atoms with Crippen LogP contribution < -0.4 is 10.3 Å². The molecule has 0 aromatic carbocycles. The molecule has 1 fully saturated rings. The summed E-state index contributed by atoms with van der Waals surface area (Å²) in [5.74, 6) is 0.201. The minimum Gasteiger partial charge on any atom is -0.243 e.